The molecule has 1 heterocycles. The minimum atomic E-state index is -1.09. The largest absolute Gasteiger partial charge is 0.478 e. The zero-order valence-electron chi connectivity index (χ0n) is 12.4. The Bertz CT molecular complexity index is 820. The maximum atomic E-state index is 12.4. The molecule has 3 rings (SSSR count). The number of carbonyl (C=O) groups excluding carboxylic acids is 1. The van der Waals surface area contributed by atoms with E-state index >= 15 is 0 Å². The minimum Gasteiger partial charge on any atom is -0.478 e. The molecule has 4 heteroatoms. The fourth-order valence-electron chi connectivity index (χ4n) is 2.57. The number of carboxylic acid groups (broad SMARTS) is 1. The van der Waals surface area contributed by atoms with Crippen LogP contribution < -0.4 is 0 Å². The summed E-state index contributed by atoms with van der Waals surface area (Å²) < 4.78 is 0. The maximum Gasteiger partial charge on any atom is 0.336 e. The molecule has 0 radical (unpaired) electrons. The molecule has 0 fully saturated rings. The van der Waals surface area contributed by atoms with Gasteiger partial charge in [0.1, 0.15) is 0 Å². The van der Waals surface area contributed by atoms with Gasteiger partial charge in [0, 0.05) is 24.1 Å². The molecule has 114 valence electrons. The summed E-state index contributed by atoms with van der Waals surface area (Å²) in [6.45, 7) is 0. The number of hydrogen-bond acceptors (Lipinski definition) is 3. The van der Waals surface area contributed by atoms with Gasteiger partial charge in [-0.25, -0.2) is 4.79 Å². The summed E-state index contributed by atoms with van der Waals surface area (Å²) in [4.78, 5) is 28.1. The molecule has 0 aromatic heterocycles. The smallest absolute Gasteiger partial charge is 0.336 e. The summed E-state index contributed by atoms with van der Waals surface area (Å²) >= 11 is 0. The first-order chi connectivity index (χ1) is 11.1. The van der Waals surface area contributed by atoms with E-state index in [1.54, 1.807) is 18.2 Å². The average molecular weight is 305 g/mol. The Morgan fingerprint density at radius 3 is 2.30 bits per heavy atom. The van der Waals surface area contributed by atoms with Crippen molar-refractivity contribution in [1.82, 2.24) is 0 Å². The second kappa shape index (κ2) is 6.40. The van der Waals surface area contributed by atoms with Crippen molar-refractivity contribution in [2.75, 3.05) is 0 Å². The summed E-state index contributed by atoms with van der Waals surface area (Å²) in [7, 11) is 0. The highest BCUT2D eigenvalue weighted by Crippen LogP contribution is 2.24. The van der Waals surface area contributed by atoms with Crippen LogP contribution in [0.15, 0.2) is 65.7 Å². The van der Waals surface area contributed by atoms with E-state index in [1.807, 2.05) is 36.4 Å². The fourth-order valence-corrected chi connectivity index (χ4v) is 2.57. The van der Waals surface area contributed by atoms with Gasteiger partial charge in [0.2, 0.25) is 0 Å². The molecule has 0 saturated carbocycles. The van der Waals surface area contributed by atoms with Crippen molar-refractivity contribution in [2.45, 2.75) is 12.8 Å². The van der Waals surface area contributed by atoms with Crippen LogP contribution in [0.2, 0.25) is 0 Å². The van der Waals surface area contributed by atoms with Gasteiger partial charge >= 0.3 is 5.97 Å². The Labute approximate surface area is 133 Å². The van der Waals surface area contributed by atoms with Gasteiger partial charge in [-0.1, -0.05) is 54.6 Å². The van der Waals surface area contributed by atoms with Crippen molar-refractivity contribution < 1.29 is 14.7 Å². The SMILES string of the molecule is O=C(O)c1ccccc1C(=O)CC1=NC(c2ccccc2)=CC1. The van der Waals surface area contributed by atoms with Crippen molar-refractivity contribution in [3.8, 4) is 0 Å². The number of allylic oxidation sites excluding steroid dienone is 1. The molecule has 0 saturated heterocycles. The minimum absolute atomic E-state index is 0.0346. The molecule has 0 bridgehead atoms. The lowest BCUT2D eigenvalue weighted by atomic mass is 9.99. The van der Waals surface area contributed by atoms with E-state index < -0.39 is 5.97 Å². The lowest BCUT2D eigenvalue weighted by molar-refractivity contribution is 0.0692. The Hall–Kier alpha value is -3.01. The first-order valence-electron chi connectivity index (χ1n) is 7.32. The Kier molecular flexibility index (Phi) is 4.15. The third-order valence-corrected chi connectivity index (χ3v) is 3.70. The van der Waals surface area contributed by atoms with Crippen molar-refractivity contribution in [1.29, 1.82) is 0 Å². The van der Waals surface area contributed by atoms with Gasteiger partial charge in [0.25, 0.3) is 0 Å². The quantitative estimate of drug-likeness (QED) is 0.853. The lowest BCUT2D eigenvalue weighted by Gasteiger charge is -2.05. The molecule has 23 heavy (non-hydrogen) atoms. The number of nitrogens with zero attached hydrogens (tertiary/aromatic N) is 1. The van der Waals surface area contributed by atoms with Gasteiger partial charge in [-0.05, 0) is 11.6 Å². The number of benzene rings is 2. The maximum absolute atomic E-state index is 12.4. The Morgan fingerprint density at radius 2 is 1.61 bits per heavy atom. The Morgan fingerprint density at radius 1 is 0.957 bits per heavy atom. The number of Topliss-reactive ketones (excluding diaryl/α,β-unsaturated/α-hetero) is 1. The second-order valence-corrected chi connectivity index (χ2v) is 5.29. The summed E-state index contributed by atoms with van der Waals surface area (Å²) in [6, 6.07) is 16.0. The van der Waals surface area contributed by atoms with Crippen LogP contribution in [0.1, 0.15) is 39.1 Å². The molecule has 1 N–H and O–H groups in total. The molecule has 0 aliphatic carbocycles. The van der Waals surface area contributed by atoms with Gasteiger partial charge in [-0.15, -0.1) is 0 Å². The van der Waals surface area contributed by atoms with Crippen LogP contribution in [0.5, 0.6) is 0 Å². The topological polar surface area (TPSA) is 66.7 Å². The van der Waals surface area contributed by atoms with E-state index in [2.05, 4.69) is 4.99 Å². The highest BCUT2D eigenvalue weighted by atomic mass is 16.4. The van der Waals surface area contributed by atoms with E-state index in [-0.39, 0.29) is 23.3 Å². The van der Waals surface area contributed by atoms with Crippen LogP contribution in [-0.4, -0.2) is 22.6 Å². The number of ketones is 1. The van der Waals surface area contributed by atoms with Crippen molar-refractivity contribution >= 4 is 23.2 Å². The number of hydrogen-bond donors (Lipinski definition) is 1. The first-order valence-corrected chi connectivity index (χ1v) is 7.32. The normalized spacial score (nSPS) is 13.4. The van der Waals surface area contributed by atoms with Crippen molar-refractivity contribution in [2.24, 2.45) is 4.99 Å². The number of carbonyl (C=O) groups is 2. The van der Waals surface area contributed by atoms with Crippen LogP contribution >= 0.6 is 0 Å². The fraction of sp³-hybridized carbons (Fsp3) is 0.105. The van der Waals surface area contributed by atoms with Crippen molar-refractivity contribution in [3.05, 3.63) is 77.4 Å². The lowest BCUT2D eigenvalue weighted by Crippen LogP contribution is -2.11. The molecular formula is C19H15NO3. The zero-order chi connectivity index (χ0) is 16.2. The number of carboxylic acids is 1. The van der Waals surface area contributed by atoms with Gasteiger partial charge < -0.3 is 5.11 Å². The predicted octanol–water partition coefficient (Wildman–Crippen LogP) is 3.84. The van der Waals surface area contributed by atoms with E-state index in [0.29, 0.717) is 6.42 Å². The van der Waals surface area contributed by atoms with Gasteiger partial charge in [0.15, 0.2) is 5.78 Å². The molecule has 0 atom stereocenters. The van der Waals surface area contributed by atoms with Crippen LogP contribution in [0, 0.1) is 0 Å². The van der Waals surface area contributed by atoms with Crippen LogP contribution in [0.4, 0.5) is 0 Å². The highest BCUT2D eigenvalue weighted by Gasteiger charge is 2.19. The molecule has 4 nitrogen and oxygen atoms in total. The molecule has 2 aromatic rings. The van der Waals surface area contributed by atoms with Gasteiger partial charge in [0.05, 0.1) is 11.3 Å². The standard InChI is InChI=1S/C19H15NO3/c21-18(15-8-4-5-9-16(15)19(22)23)12-14-10-11-17(20-14)13-6-2-1-3-7-13/h1-9,11H,10,12H2,(H,22,23). The zero-order valence-corrected chi connectivity index (χ0v) is 12.4. The van der Waals surface area contributed by atoms with E-state index in [4.69, 9.17) is 0 Å². The summed E-state index contributed by atoms with van der Waals surface area (Å²) in [5, 5.41) is 9.17. The molecule has 1 aliphatic rings. The molecule has 0 spiro atoms. The van der Waals surface area contributed by atoms with E-state index in [0.717, 1.165) is 17.0 Å². The average Bonchev–Trinajstić information content (AvgIpc) is 3.04. The first kappa shape index (κ1) is 14.9. The number of aliphatic imine (C=N–C) groups is 1. The number of rotatable bonds is 5. The summed E-state index contributed by atoms with van der Waals surface area (Å²) in [5.74, 6) is -1.31. The van der Waals surface area contributed by atoms with Crippen LogP contribution in [-0.2, 0) is 0 Å². The second-order valence-electron chi connectivity index (χ2n) is 5.29. The summed E-state index contributed by atoms with van der Waals surface area (Å²) in [5.41, 5.74) is 2.90. The molecule has 0 amide bonds. The van der Waals surface area contributed by atoms with Gasteiger partial charge in [-0.2, -0.15) is 0 Å². The third kappa shape index (κ3) is 3.26. The van der Waals surface area contributed by atoms with E-state index in [9.17, 15) is 14.7 Å². The third-order valence-electron chi connectivity index (χ3n) is 3.70. The molecule has 2 aromatic carbocycles. The van der Waals surface area contributed by atoms with Crippen LogP contribution in [0.3, 0.4) is 0 Å². The van der Waals surface area contributed by atoms with E-state index in [1.165, 1.54) is 6.07 Å². The van der Waals surface area contributed by atoms with Gasteiger partial charge in [-0.3, -0.25) is 9.79 Å². The monoisotopic (exact) mass is 305 g/mol. The summed E-state index contributed by atoms with van der Waals surface area (Å²) in [6.07, 6.45) is 2.74. The predicted molar refractivity (Wildman–Crippen MR) is 88.8 cm³/mol. The molecule has 0 unspecified atom stereocenters. The number of aromatic carboxylic acids is 1. The molecule has 1 aliphatic heterocycles. The molecular weight excluding hydrogens is 290 g/mol. The van der Waals surface area contributed by atoms with Crippen molar-refractivity contribution in [3.63, 3.8) is 0 Å². The Balaban J connectivity index is 1.77. The highest BCUT2D eigenvalue weighted by molar-refractivity contribution is 6.15. The van der Waals surface area contributed by atoms with Crippen LogP contribution in [0.25, 0.3) is 5.70 Å².